The van der Waals surface area contributed by atoms with Crippen molar-refractivity contribution in [2.24, 2.45) is 0 Å². The number of alkyl halides is 2. The Balaban J connectivity index is 4.69. The third kappa shape index (κ3) is 2.22. The molecule has 0 aliphatic rings. The van der Waals surface area contributed by atoms with Crippen LogP contribution in [0.1, 0.15) is 26.7 Å². The van der Waals surface area contributed by atoms with Gasteiger partial charge in [-0.25, -0.2) is 0 Å². The standard InChI is InChI=1S/C8H16Br2O2/c1-5-7(9,10)8(6-2,11-3)12-4/h5-6H2,1-4H3. The molecule has 0 atom stereocenters. The summed E-state index contributed by atoms with van der Waals surface area (Å²) in [7, 11) is 3.31. The maximum Gasteiger partial charge on any atom is 0.192 e. The average Bonchev–Trinajstić information content (AvgIpc) is 2.08. The van der Waals surface area contributed by atoms with Gasteiger partial charge in [0.15, 0.2) is 5.79 Å². The van der Waals surface area contributed by atoms with Crippen LogP contribution in [-0.4, -0.2) is 23.2 Å². The summed E-state index contributed by atoms with van der Waals surface area (Å²) in [5, 5.41) is 0. The van der Waals surface area contributed by atoms with E-state index in [1.165, 1.54) is 0 Å². The first-order valence-electron chi connectivity index (χ1n) is 3.97. The van der Waals surface area contributed by atoms with Crippen molar-refractivity contribution in [2.45, 2.75) is 35.7 Å². The summed E-state index contributed by atoms with van der Waals surface area (Å²) in [5.41, 5.74) is 0. The normalized spacial score (nSPS) is 13.5. The molecule has 0 aliphatic carbocycles. The zero-order valence-corrected chi connectivity index (χ0v) is 11.2. The van der Waals surface area contributed by atoms with Crippen LogP contribution >= 0.6 is 31.9 Å². The Morgan fingerprint density at radius 2 is 1.42 bits per heavy atom. The minimum absolute atomic E-state index is 0.314. The maximum absolute atomic E-state index is 5.38. The Bertz CT molecular complexity index is 125. The predicted molar refractivity (Wildman–Crippen MR) is 57.9 cm³/mol. The van der Waals surface area contributed by atoms with Crippen molar-refractivity contribution >= 4 is 31.9 Å². The van der Waals surface area contributed by atoms with Crippen LogP contribution in [0.2, 0.25) is 0 Å². The third-order valence-electron chi connectivity index (χ3n) is 2.13. The molecule has 0 radical (unpaired) electrons. The second kappa shape index (κ2) is 4.94. The molecule has 4 heteroatoms. The third-order valence-corrected chi connectivity index (χ3v) is 4.46. The lowest BCUT2D eigenvalue weighted by atomic mass is 10.1. The highest BCUT2D eigenvalue weighted by Gasteiger charge is 2.46. The number of rotatable bonds is 5. The van der Waals surface area contributed by atoms with Crippen molar-refractivity contribution < 1.29 is 9.47 Å². The summed E-state index contributed by atoms with van der Waals surface area (Å²) < 4.78 is 10.4. The minimum atomic E-state index is -0.595. The fourth-order valence-corrected chi connectivity index (χ4v) is 2.41. The van der Waals surface area contributed by atoms with Crippen molar-refractivity contribution in [1.82, 2.24) is 0 Å². The monoisotopic (exact) mass is 302 g/mol. The molecule has 12 heavy (non-hydrogen) atoms. The van der Waals surface area contributed by atoms with E-state index in [0.717, 1.165) is 12.8 Å². The lowest BCUT2D eigenvalue weighted by molar-refractivity contribution is -0.211. The van der Waals surface area contributed by atoms with Crippen LogP contribution in [0.25, 0.3) is 0 Å². The van der Waals surface area contributed by atoms with Crippen molar-refractivity contribution in [2.75, 3.05) is 14.2 Å². The molecule has 0 unspecified atom stereocenters. The first-order valence-corrected chi connectivity index (χ1v) is 5.56. The number of hydrogen-bond donors (Lipinski definition) is 0. The minimum Gasteiger partial charge on any atom is -0.351 e. The van der Waals surface area contributed by atoms with Gasteiger partial charge >= 0.3 is 0 Å². The number of halogens is 2. The van der Waals surface area contributed by atoms with Gasteiger partial charge in [0.25, 0.3) is 0 Å². The fourth-order valence-electron chi connectivity index (χ4n) is 1.20. The van der Waals surface area contributed by atoms with E-state index in [0.29, 0.717) is 0 Å². The molecule has 0 N–H and O–H groups in total. The molecular weight excluding hydrogens is 288 g/mol. The summed E-state index contributed by atoms with van der Waals surface area (Å²) in [6, 6.07) is 0. The van der Waals surface area contributed by atoms with Crippen molar-refractivity contribution in [1.29, 1.82) is 0 Å². The van der Waals surface area contributed by atoms with E-state index in [-0.39, 0.29) is 3.23 Å². The molecule has 0 rings (SSSR count). The van der Waals surface area contributed by atoms with Gasteiger partial charge in [0, 0.05) is 20.6 Å². The van der Waals surface area contributed by atoms with Gasteiger partial charge in [0.05, 0.1) is 0 Å². The number of methoxy groups -OCH3 is 2. The lowest BCUT2D eigenvalue weighted by Crippen LogP contribution is -2.48. The largest absolute Gasteiger partial charge is 0.351 e. The number of hydrogen-bond acceptors (Lipinski definition) is 2. The highest BCUT2D eigenvalue weighted by Crippen LogP contribution is 2.45. The molecule has 0 aliphatic heterocycles. The molecule has 2 nitrogen and oxygen atoms in total. The van der Waals surface area contributed by atoms with Crippen LogP contribution in [0.15, 0.2) is 0 Å². The average molecular weight is 304 g/mol. The Morgan fingerprint density at radius 3 is 1.50 bits per heavy atom. The van der Waals surface area contributed by atoms with Crippen LogP contribution < -0.4 is 0 Å². The molecular formula is C8H16Br2O2. The quantitative estimate of drug-likeness (QED) is 0.573. The molecule has 0 aromatic carbocycles. The van der Waals surface area contributed by atoms with Crippen molar-refractivity contribution in [3.63, 3.8) is 0 Å². The first kappa shape index (κ1) is 12.9. The second-order valence-electron chi connectivity index (χ2n) is 2.57. The maximum atomic E-state index is 5.38. The van der Waals surface area contributed by atoms with E-state index >= 15 is 0 Å². The van der Waals surface area contributed by atoms with E-state index in [9.17, 15) is 0 Å². The molecule has 0 bridgehead atoms. The Labute approximate surface area is 91.3 Å². The van der Waals surface area contributed by atoms with E-state index in [4.69, 9.17) is 9.47 Å². The molecule has 74 valence electrons. The van der Waals surface area contributed by atoms with Crippen LogP contribution in [0.4, 0.5) is 0 Å². The highest BCUT2D eigenvalue weighted by atomic mass is 79.9. The smallest absolute Gasteiger partial charge is 0.192 e. The summed E-state index contributed by atoms with van der Waals surface area (Å²) >= 11 is 7.10. The second-order valence-corrected chi connectivity index (χ2v) is 6.34. The number of ether oxygens (including phenoxy) is 2. The molecule has 0 aromatic heterocycles. The topological polar surface area (TPSA) is 18.5 Å². The van der Waals surface area contributed by atoms with E-state index < -0.39 is 5.79 Å². The zero-order valence-electron chi connectivity index (χ0n) is 7.99. The van der Waals surface area contributed by atoms with E-state index in [1.54, 1.807) is 14.2 Å². The van der Waals surface area contributed by atoms with Gasteiger partial charge in [0.1, 0.15) is 3.23 Å². The van der Waals surface area contributed by atoms with Gasteiger partial charge in [-0.3, -0.25) is 0 Å². The van der Waals surface area contributed by atoms with Crippen LogP contribution in [0.5, 0.6) is 0 Å². The molecule has 0 amide bonds. The lowest BCUT2D eigenvalue weighted by Gasteiger charge is -2.40. The van der Waals surface area contributed by atoms with Crippen LogP contribution in [-0.2, 0) is 9.47 Å². The van der Waals surface area contributed by atoms with Crippen molar-refractivity contribution in [3.8, 4) is 0 Å². The SMILES string of the molecule is CCC(Br)(Br)C(CC)(OC)OC. The summed E-state index contributed by atoms with van der Waals surface area (Å²) in [6.45, 7) is 4.09. The predicted octanol–water partition coefficient (Wildman–Crippen LogP) is 3.28. The Morgan fingerprint density at radius 1 is 1.00 bits per heavy atom. The van der Waals surface area contributed by atoms with Gasteiger partial charge in [-0.2, -0.15) is 0 Å². The van der Waals surface area contributed by atoms with Crippen LogP contribution in [0, 0.1) is 0 Å². The Hall–Kier alpha value is 0.880. The molecule has 0 saturated carbocycles. The fraction of sp³-hybridized carbons (Fsp3) is 1.00. The van der Waals surface area contributed by atoms with Gasteiger partial charge < -0.3 is 9.47 Å². The van der Waals surface area contributed by atoms with Gasteiger partial charge in [-0.1, -0.05) is 45.7 Å². The van der Waals surface area contributed by atoms with E-state index in [2.05, 4.69) is 38.8 Å². The highest BCUT2D eigenvalue weighted by molar-refractivity contribution is 9.25. The zero-order chi connectivity index (χ0) is 9.83. The van der Waals surface area contributed by atoms with E-state index in [1.807, 2.05) is 6.92 Å². The van der Waals surface area contributed by atoms with Crippen LogP contribution in [0.3, 0.4) is 0 Å². The molecule has 0 fully saturated rings. The molecule has 0 heterocycles. The Kier molecular flexibility index (Phi) is 5.30. The molecule has 0 aromatic rings. The first-order chi connectivity index (χ1) is 5.49. The molecule has 0 spiro atoms. The summed E-state index contributed by atoms with van der Waals surface area (Å²) in [4.78, 5) is 0. The van der Waals surface area contributed by atoms with Gasteiger partial charge in [-0.05, 0) is 6.42 Å². The summed E-state index contributed by atoms with van der Waals surface area (Å²) in [6.07, 6.45) is 1.66. The summed E-state index contributed by atoms with van der Waals surface area (Å²) in [5.74, 6) is -0.595. The van der Waals surface area contributed by atoms with Gasteiger partial charge in [-0.15, -0.1) is 0 Å². The van der Waals surface area contributed by atoms with Gasteiger partial charge in [0.2, 0.25) is 0 Å². The molecule has 0 saturated heterocycles. The van der Waals surface area contributed by atoms with Crippen molar-refractivity contribution in [3.05, 3.63) is 0 Å².